The molecule has 0 unspecified atom stereocenters. The highest BCUT2D eigenvalue weighted by atomic mass is 32.1. The summed E-state index contributed by atoms with van der Waals surface area (Å²) in [4.78, 5) is 11.4. The minimum absolute atomic E-state index is 0.0958. The van der Waals surface area contributed by atoms with Crippen LogP contribution in [0.4, 0.5) is 5.69 Å². The number of ether oxygens (including phenoxy) is 1. The van der Waals surface area contributed by atoms with Crippen LogP contribution in [0, 0.1) is 0 Å². The molecule has 2 N–H and O–H groups in total. The van der Waals surface area contributed by atoms with Gasteiger partial charge in [0, 0.05) is 18.5 Å². The molecule has 0 saturated carbocycles. The fourth-order valence-electron chi connectivity index (χ4n) is 1.35. The monoisotopic (exact) mass is 226 g/mol. The van der Waals surface area contributed by atoms with E-state index in [0.717, 1.165) is 18.8 Å². The number of rotatable bonds is 4. The Kier molecular flexibility index (Phi) is 3.04. The van der Waals surface area contributed by atoms with Crippen molar-refractivity contribution >= 4 is 22.9 Å². The fraction of sp³-hybridized carbons (Fsp3) is 0.500. The number of amides is 1. The van der Waals surface area contributed by atoms with Gasteiger partial charge in [-0.05, 0) is 18.4 Å². The Labute approximate surface area is 92.6 Å². The molecule has 82 valence electrons. The number of nitrogens with one attached hydrogen (secondary N) is 2. The number of hydrogen-bond acceptors (Lipinski definition) is 4. The highest BCUT2D eigenvalue weighted by Gasteiger charge is 2.32. The third kappa shape index (κ3) is 2.77. The van der Waals surface area contributed by atoms with Crippen LogP contribution >= 0.6 is 11.3 Å². The molecule has 2 heterocycles. The molecule has 4 nitrogen and oxygen atoms in total. The van der Waals surface area contributed by atoms with Gasteiger partial charge in [0.15, 0.2) is 0 Å². The van der Waals surface area contributed by atoms with Gasteiger partial charge in [0.25, 0.3) is 0 Å². The van der Waals surface area contributed by atoms with Crippen molar-refractivity contribution in [3.05, 3.63) is 16.8 Å². The summed E-state index contributed by atoms with van der Waals surface area (Å²) < 4.78 is 5.50. The first-order valence-corrected chi connectivity index (χ1v) is 5.79. The zero-order valence-electron chi connectivity index (χ0n) is 8.58. The van der Waals surface area contributed by atoms with E-state index in [4.69, 9.17) is 4.74 Å². The summed E-state index contributed by atoms with van der Waals surface area (Å²) >= 11 is 1.56. The van der Waals surface area contributed by atoms with Crippen molar-refractivity contribution in [1.82, 2.24) is 5.32 Å². The number of thiophene rings is 1. The minimum Gasteiger partial charge on any atom is -0.363 e. The van der Waals surface area contributed by atoms with E-state index in [1.807, 2.05) is 23.8 Å². The lowest BCUT2D eigenvalue weighted by atomic mass is 10.0. The Morgan fingerprint density at radius 3 is 3.07 bits per heavy atom. The third-order valence-electron chi connectivity index (χ3n) is 2.35. The van der Waals surface area contributed by atoms with E-state index in [1.54, 1.807) is 11.3 Å². The van der Waals surface area contributed by atoms with Gasteiger partial charge in [-0.2, -0.15) is 11.3 Å². The van der Waals surface area contributed by atoms with Gasteiger partial charge in [-0.3, -0.25) is 4.79 Å². The van der Waals surface area contributed by atoms with Crippen molar-refractivity contribution in [2.45, 2.75) is 12.5 Å². The standard InChI is InChI=1S/C10H14N2O2S/c1-10(6-11-7-10)14-4-9(13)12-8-2-3-15-5-8/h2-3,5,11H,4,6-7H2,1H3,(H,12,13). The van der Waals surface area contributed by atoms with Gasteiger partial charge in [0.1, 0.15) is 6.61 Å². The molecule has 1 aromatic rings. The highest BCUT2D eigenvalue weighted by Crippen LogP contribution is 2.15. The van der Waals surface area contributed by atoms with Gasteiger partial charge >= 0.3 is 0 Å². The van der Waals surface area contributed by atoms with Crippen molar-refractivity contribution in [1.29, 1.82) is 0 Å². The molecular weight excluding hydrogens is 212 g/mol. The van der Waals surface area contributed by atoms with Crippen molar-refractivity contribution < 1.29 is 9.53 Å². The Bertz CT molecular complexity index is 333. The number of anilines is 1. The molecule has 0 aromatic carbocycles. The molecule has 1 amide bonds. The average molecular weight is 226 g/mol. The van der Waals surface area contributed by atoms with Gasteiger partial charge in [0.2, 0.25) is 5.91 Å². The van der Waals surface area contributed by atoms with Crippen LogP contribution < -0.4 is 10.6 Å². The molecule has 1 saturated heterocycles. The Hall–Kier alpha value is -0.910. The first-order chi connectivity index (χ1) is 7.18. The molecule has 1 fully saturated rings. The lowest BCUT2D eigenvalue weighted by Crippen LogP contribution is -2.59. The van der Waals surface area contributed by atoms with Crippen molar-refractivity contribution in [2.24, 2.45) is 0 Å². The molecule has 5 heteroatoms. The van der Waals surface area contributed by atoms with Crippen molar-refractivity contribution in [3.63, 3.8) is 0 Å². The number of carbonyl (C=O) groups excluding carboxylic acids is 1. The first-order valence-electron chi connectivity index (χ1n) is 4.85. The van der Waals surface area contributed by atoms with E-state index < -0.39 is 0 Å². The van der Waals surface area contributed by atoms with E-state index in [0.29, 0.717) is 0 Å². The van der Waals surface area contributed by atoms with Crippen LogP contribution in [0.1, 0.15) is 6.92 Å². The van der Waals surface area contributed by atoms with E-state index in [2.05, 4.69) is 10.6 Å². The number of hydrogen-bond donors (Lipinski definition) is 2. The summed E-state index contributed by atoms with van der Waals surface area (Å²) in [5, 5.41) is 9.70. The van der Waals surface area contributed by atoms with Gasteiger partial charge in [-0.25, -0.2) is 0 Å². The lowest BCUT2D eigenvalue weighted by Gasteiger charge is -2.38. The molecular formula is C10H14N2O2S. The largest absolute Gasteiger partial charge is 0.363 e. The summed E-state index contributed by atoms with van der Waals surface area (Å²) in [6.45, 7) is 3.76. The average Bonchev–Trinajstić information content (AvgIpc) is 2.64. The Morgan fingerprint density at radius 2 is 2.53 bits per heavy atom. The maximum Gasteiger partial charge on any atom is 0.250 e. The molecule has 0 spiro atoms. The van der Waals surface area contributed by atoms with Crippen LogP contribution in [0.3, 0.4) is 0 Å². The molecule has 1 aromatic heterocycles. The molecule has 0 radical (unpaired) electrons. The minimum atomic E-state index is -0.161. The van der Waals surface area contributed by atoms with Crippen LogP contribution in [0.5, 0.6) is 0 Å². The van der Waals surface area contributed by atoms with E-state index in [-0.39, 0.29) is 18.1 Å². The van der Waals surface area contributed by atoms with E-state index in [9.17, 15) is 4.79 Å². The second-order valence-corrected chi connectivity index (χ2v) is 4.68. The predicted molar refractivity (Wildman–Crippen MR) is 60.2 cm³/mol. The lowest BCUT2D eigenvalue weighted by molar-refractivity contribution is -0.130. The maximum atomic E-state index is 11.4. The molecule has 1 aliphatic rings. The summed E-state index contributed by atoms with van der Waals surface area (Å²) in [6.07, 6.45) is 0. The van der Waals surface area contributed by atoms with E-state index >= 15 is 0 Å². The van der Waals surface area contributed by atoms with Crippen molar-refractivity contribution in [2.75, 3.05) is 25.0 Å². The Morgan fingerprint density at radius 1 is 1.73 bits per heavy atom. The van der Waals surface area contributed by atoms with E-state index in [1.165, 1.54) is 0 Å². The smallest absolute Gasteiger partial charge is 0.250 e. The fourth-order valence-corrected chi connectivity index (χ4v) is 1.94. The highest BCUT2D eigenvalue weighted by molar-refractivity contribution is 7.08. The molecule has 1 aliphatic heterocycles. The first kappa shape index (κ1) is 10.6. The van der Waals surface area contributed by atoms with Gasteiger partial charge in [0.05, 0.1) is 11.3 Å². The molecule has 0 atom stereocenters. The van der Waals surface area contributed by atoms with Crippen LogP contribution in [-0.2, 0) is 9.53 Å². The SMILES string of the molecule is CC1(OCC(=O)Nc2ccsc2)CNC1. The zero-order chi connectivity index (χ0) is 10.7. The quantitative estimate of drug-likeness (QED) is 0.807. The summed E-state index contributed by atoms with van der Waals surface area (Å²) in [5.41, 5.74) is 0.678. The summed E-state index contributed by atoms with van der Waals surface area (Å²) in [5.74, 6) is -0.0958. The van der Waals surface area contributed by atoms with Crippen LogP contribution in [0.2, 0.25) is 0 Å². The second-order valence-electron chi connectivity index (χ2n) is 3.90. The topological polar surface area (TPSA) is 50.4 Å². The predicted octanol–water partition coefficient (Wildman–Crippen LogP) is 1.07. The van der Waals surface area contributed by atoms with Crippen LogP contribution in [-0.4, -0.2) is 31.2 Å². The molecule has 0 bridgehead atoms. The second kappa shape index (κ2) is 4.30. The number of carbonyl (C=O) groups is 1. The zero-order valence-corrected chi connectivity index (χ0v) is 9.39. The van der Waals surface area contributed by atoms with Gasteiger partial charge < -0.3 is 15.4 Å². The molecule has 0 aliphatic carbocycles. The third-order valence-corrected chi connectivity index (χ3v) is 3.04. The summed E-state index contributed by atoms with van der Waals surface area (Å²) in [6, 6.07) is 1.87. The molecule has 15 heavy (non-hydrogen) atoms. The summed E-state index contributed by atoms with van der Waals surface area (Å²) in [7, 11) is 0. The van der Waals surface area contributed by atoms with Crippen molar-refractivity contribution in [3.8, 4) is 0 Å². The van der Waals surface area contributed by atoms with Crippen LogP contribution in [0.15, 0.2) is 16.8 Å². The van der Waals surface area contributed by atoms with Gasteiger partial charge in [-0.15, -0.1) is 0 Å². The maximum absolute atomic E-state index is 11.4. The van der Waals surface area contributed by atoms with Gasteiger partial charge in [-0.1, -0.05) is 0 Å². The Balaban J connectivity index is 1.73. The van der Waals surface area contributed by atoms with Crippen LogP contribution in [0.25, 0.3) is 0 Å². The normalized spacial score (nSPS) is 18.2. The molecule has 2 rings (SSSR count).